The maximum atomic E-state index is 12.8. The van der Waals surface area contributed by atoms with Crippen LogP contribution in [0.2, 0.25) is 0 Å². The summed E-state index contributed by atoms with van der Waals surface area (Å²) in [7, 11) is 3.11. The summed E-state index contributed by atoms with van der Waals surface area (Å²) in [5, 5.41) is 5.27. The molecule has 0 N–H and O–H groups in total. The fourth-order valence-corrected chi connectivity index (χ4v) is 4.93. The predicted octanol–water partition coefficient (Wildman–Crippen LogP) is 3.00. The molecule has 0 aromatic heterocycles. The van der Waals surface area contributed by atoms with Gasteiger partial charge < -0.3 is 9.47 Å². The standard InChI is InChI=1S/C19H19BrN2O4/c1-25-14-8-10(7-13(20)17(14)26-2)9-21-22-18(23)15-11-3-4-12(6-5-11)16(15)19(22)24/h3-4,7-9,11-12,15-16H,5-6H2,1-2H3/b21-9-/t11-,12+,15-,16+. The number of hydrogen-bond donors (Lipinski definition) is 0. The first-order valence-electron chi connectivity index (χ1n) is 8.56. The van der Waals surface area contributed by atoms with Gasteiger partial charge in [0.25, 0.3) is 11.8 Å². The molecular formula is C19H19BrN2O4. The normalized spacial score (nSPS) is 29.6. The van der Waals surface area contributed by atoms with Crippen molar-refractivity contribution < 1.29 is 19.1 Å². The summed E-state index contributed by atoms with van der Waals surface area (Å²) in [6.45, 7) is 0. The van der Waals surface area contributed by atoms with E-state index in [0.717, 1.165) is 17.9 Å². The number of fused-ring (bicyclic) bond motifs is 1. The highest BCUT2D eigenvalue weighted by molar-refractivity contribution is 9.10. The first kappa shape index (κ1) is 17.3. The first-order chi connectivity index (χ1) is 12.5. The van der Waals surface area contributed by atoms with Gasteiger partial charge in [0.15, 0.2) is 11.5 Å². The number of carbonyl (C=O) groups is 2. The van der Waals surface area contributed by atoms with Crippen molar-refractivity contribution in [3.63, 3.8) is 0 Å². The number of carbonyl (C=O) groups excluding carboxylic acids is 2. The van der Waals surface area contributed by atoms with Crippen molar-refractivity contribution in [3.05, 3.63) is 34.3 Å². The van der Waals surface area contributed by atoms with Crippen molar-refractivity contribution >= 4 is 34.0 Å². The zero-order valence-electron chi connectivity index (χ0n) is 14.5. The van der Waals surface area contributed by atoms with Gasteiger partial charge >= 0.3 is 0 Å². The van der Waals surface area contributed by atoms with Gasteiger partial charge in [-0.15, -0.1) is 0 Å². The lowest BCUT2D eigenvalue weighted by Crippen LogP contribution is -2.38. The first-order valence-corrected chi connectivity index (χ1v) is 9.36. The Kier molecular flexibility index (Phi) is 4.34. The number of imide groups is 1. The highest BCUT2D eigenvalue weighted by Gasteiger charge is 2.56. The van der Waals surface area contributed by atoms with Crippen molar-refractivity contribution in [1.29, 1.82) is 0 Å². The second-order valence-corrected chi connectivity index (χ2v) is 7.67. The van der Waals surface area contributed by atoms with Crippen LogP contribution in [0.1, 0.15) is 18.4 Å². The average Bonchev–Trinajstić information content (AvgIpc) is 2.93. The van der Waals surface area contributed by atoms with Gasteiger partial charge in [0.2, 0.25) is 0 Å². The van der Waals surface area contributed by atoms with E-state index in [0.29, 0.717) is 21.5 Å². The van der Waals surface area contributed by atoms with Crippen LogP contribution in [-0.4, -0.2) is 37.3 Å². The maximum Gasteiger partial charge on any atom is 0.254 e. The summed E-state index contributed by atoms with van der Waals surface area (Å²) in [4.78, 5) is 25.5. The molecule has 136 valence electrons. The number of rotatable bonds is 4. The molecule has 2 fully saturated rings. The molecule has 26 heavy (non-hydrogen) atoms. The minimum atomic E-state index is -0.250. The number of allylic oxidation sites excluding steroid dienone is 2. The number of methoxy groups -OCH3 is 2. The Morgan fingerprint density at radius 1 is 1.08 bits per heavy atom. The molecule has 4 aliphatic rings. The molecule has 5 rings (SSSR count). The zero-order chi connectivity index (χ0) is 18.4. The lowest BCUT2D eigenvalue weighted by Gasteiger charge is -2.37. The van der Waals surface area contributed by atoms with Crippen LogP contribution in [0.25, 0.3) is 0 Å². The highest BCUT2D eigenvalue weighted by atomic mass is 79.9. The number of ether oxygens (including phenoxy) is 2. The Morgan fingerprint density at radius 3 is 2.19 bits per heavy atom. The van der Waals surface area contributed by atoms with Gasteiger partial charge in [-0.2, -0.15) is 10.1 Å². The fourth-order valence-electron chi connectivity index (χ4n) is 4.31. The molecule has 3 aliphatic carbocycles. The molecule has 1 heterocycles. The number of halogens is 1. The van der Waals surface area contributed by atoms with Gasteiger partial charge in [-0.1, -0.05) is 12.2 Å². The Labute approximate surface area is 160 Å². The summed E-state index contributed by atoms with van der Waals surface area (Å²) in [5.41, 5.74) is 0.700. The summed E-state index contributed by atoms with van der Waals surface area (Å²) in [5.74, 6) is 0.574. The Morgan fingerprint density at radius 2 is 1.69 bits per heavy atom. The van der Waals surface area contributed by atoms with Crippen LogP contribution in [0.4, 0.5) is 0 Å². The Bertz CT molecular complexity index is 803. The summed E-state index contributed by atoms with van der Waals surface area (Å²) in [6, 6.07) is 3.55. The maximum absolute atomic E-state index is 12.8. The zero-order valence-corrected chi connectivity index (χ0v) is 16.1. The van der Waals surface area contributed by atoms with Crippen LogP contribution in [0, 0.1) is 23.7 Å². The SMILES string of the molecule is COc1cc(/C=N\N2C(=O)[C@@H]3[C@H](C2=O)[C@@H]2C=C[C@H]3CC2)cc(Br)c1OC. The second kappa shape index (κ2) is 6.54. The van der Waals surface area contributed by atoms with E-state index in [1.165, 1.54) is 6.21 Å². The molecule has 0 radical (unpaired) electrons. The lowest BCUT2D eigenvalue weighted by atomic mass is 9.63. The Balaban J connectivity index is 1.61. The van der Waals surface area contributed by atoms with Crippen LogP contribution in [0.3, 0.4) is 0 Å². The predicted molar refractivity (Wildman–Crippen MR) is 99.0 cm³/mol. The van der Waals surface area contributed by atoms with Gasteiger partial charge in [0.1, 0.15) is 0 Å². The fraction of sp³-hybridized carbons (Fsp3) is 0.421. The van der Waals surface area contributed by atoms with E-state index < -0.39 is 0 Å². The molecule has 1 saturated heterocycles. The summed E-state index contributed by atoms with van der Waals surface area (Å²) < 4.78 is 11.3. The number of amides is 2. The van der Waals surface area contributed by atoms with Gasteiger partial charge in [-0.05, 0) is 58.3 Å². The molecule has 2 bridgehead atoms. The largest absolute Gasteiger partial charge is 0.493 e. The Hall–Kier alpha value is -2.15. The van der Waals surface area contributed by atoms with Crippen LogP contribution in [0.5, 0.6) is 11.5 Å². The van der Waals surface area contributed by atoms with Crippen LogP contribution in [-0.2, 0) is 9.59 Å². The van der Waals surface area contributed by atoms with Crippen LogP contribution >= 0.6 is 15.9 Å². The second-order valence-electron chi connectivity index (χ2n) is 6.81. The monoisotopic (exact) mass is 418 g/mol. The average molecular weight is 419 g/mol. The van der Waals surface area contributed by atoms with Gasteiger partial charge in [0.05, 0.1) is 36.7 Å². The molecule has 0 unspecified atom stereocenters. The van der Waals surface area contributed by atoms with E-state index in [-0.39, 0.29) is 35.5 Å². The van der Waals surface area contributed by atoms with E-state index in [1.807, 2.05) is 0 Å². The molecular weight excluding hydrogens is 400 g/mol. The molecule has 1 saturated carbocycles. The van der Waals surface area contributed by atoms with Crippen LogP contribution in [0.15, 0.2) is 33.9 Å². The van der Waals surface area contributed by atoms with Gasteiger partial charge in [0, 0.05) is 0 Å². The van der Waals surface area contributed by atoms with E-state index in [2.05, 4.69) is 33.2 Å². The number of benzene rings is 1. The molecule has 7 heteroatoms. The number of hydrogen-bond acceptors (Lipinski definition) is 5. The van der Waals surface area contributed by atoms with Crippen molar-refractivity contribution in [2.75, 3.05) is 14.2 Å². The van der Waals surface area contributed by atoms with E-state index in [1.54, 1.807) is 26.4 Å². The third kappa shape index (κ3) is 2.57. The number of nitrogens with zero attached hydrogens (tertiary/aromatic N) is 2. The molecule has 1 aliphatic heterocycles. The molecule has 4 atom stereocenters. The van der Waals surface area contributed by atoms with Crippen LogP contribution < -0.4 is 9.47 Å². The van der Waals surface area contributed by atoms with Crippen molar-refractivity contribution in [2.45, 2.75) is 12.8 Å². The topological polar surface area (TPSA) is 68.2 Å². The van der Waals surface area contributed by atoms with E-state index in [4.69, 9.17) is 9.47 Å². The number of hydrazone groups is 1. The summed E-state index contributed by atoms with van der Waals surface area (Å²) >= 11 is 3.43. The minimum absolute atomic E-state index is 0.164. The van der Waals surface area contributed by atoms with E-state index in [9.17, 15) is 9.59 Å². The van der Waals surface area contributed by atoms with E-state index >= 15 is 0 Å². The third-order valence-electron chi connectivity index (χ3n) is 5.51. The quantitative estimate of drug-likeness (QED) is 0.428. The molecule has 6 nitrogen and oxygen atoms in total. The van der Waals surface area contributed by atoms with Crippen molar-refractivity contribution in [3.8, 4) is 11.5 Å². The third-order valence-corrected chi connectivity index (χ3v) is 6.10. The van der Waals surface area contributed by atoms with Crippen molar-refractivity contribution in [1.82, 2.24) is 5.01 Å². The summed E-state index contributed by atoms with van der Waals surface area (Å²) in [6.07, 6.45) is 7.65. The highest BCUT2D eigenvalue weighted by Crippen LogP contribution is 2.49. The lowest BCUT2D eigenvalue weighted by molar-refractivity contribution is -0.140. The minimum Gasteiger partial charge on any atom is -0.493 e. The molecule has 0 spiro atoms. The molecule has 1 aromatic rings. The molecule has 1 aromatic carbocycles. The smallest absolute Gasteiger partial charge is 0.254 e. The van der Waals surface area contributed by atoms with Crippen molar-refractivity contribution in [2.24, 2.45) is 28.8 Å². The molecule has 2 amide bonds. The van der Waals surface area contributed by atoms with Gasteiger partial charge in [-0.3, -0.25) is 9.59 Å². The van der Waals surface area contributed by atoms with Gasteiger partial charge in [-0.25, -0.2) is 0 Å².